The number of carbonyl (C=O) groups is 1. The number of hydrogen-bond acceptors (Lipinski definition) is 7. The Morgan fingerprint density at radius 1 is 0.840 bits per heavy atom. The van der Waals surface area contributed by atoms with Crippen molar-refractivity contribution in [3.8, 4) is 5.75 Å². The minimum Gasteiger partial charge on any atom is -0.490 e. The monoisotopic (exact) mass is 686 g/mol. The molecule has 50 heavy (non-hydrogen) atoms. The largest absolute Gasteiger partial charge is 0.490 e. The maximum absolute atomic E-state index is 15.3. The van der Waals surface area contributed by atoms with E-state index in [4.69, 9.17) is 9.47 Å². The normalized spacial score (nSPS) is 19.1. The number of aromatic nitrogens is 3. The number of ether oxygens (including phenoxy) is 2. The Morgan fingerprint density at radius 2 is 1.54 bits per heavy atom. The van der Waals surface area contributed by atoms with Crippen molar-refractivity contribution in [2.24, 2.45) is 5.92 Å². The molecule has 0 unspecified atom stereocenters. The number of rotatable bonds is 10. The van der Waals surface area contributed by atoms with Gasteiger partial charge >= 0.3 is 0 Å². The number of nitrogens with zero attached hydrogens (tertiary/aromatic N) is 5. The van der Waals surface area contributed by atoms with Gasteiger partial charge in [0.25, 0.3) is 5.91 Å². The van der Waals surface area contributed by atoms with Gasteiger partial charge in [-0.25, -0.2) is 27.2 Å². The molecule has 0 spiro atoms. The molecule has 9 nitrogen and oxygen atoms in total. The summed E-state index contributed by atoms with van der Waals surface area (Å²) < 4.78 is 70.7. The Hall–Kier alpha value is -5.43. The van der Waals surface area contributed by atoms with Crippen LogP contribution in [0, 0.1) is 29.2 Å². The van der Waals surface area contributed by atoms with E-state index < -0.39 is 23.1 Å². The number of halogens is 4. The van der Waals surface area contributed by atoms with Gasteiger partial charge in [0.1, 0.15) is 35.7 Å². The molecule has 2 atom stereocenters. The Balaban J connectivity index is 0.927. The molecule has 4 aromatic carbocycles. The van der Waals surface area contributed by atoms with Gasteiger partial charge in [0.05, 0.1) is 19.8 Å². The predicted octanol–water partition coefficient (Wildman–Crippen LogP) is 6.42. The molecule has 2 fully saturated rings. The van der Waals surface area contributed by atoms with Crippen LogP contribution in [-0.4, -0.2) is 60.1 Å². The van der Waals surface area contributed by atoms with Crippen molar-refractivity contribution in [2.45, 2.75) is 18.6 Å². The second kappa shape index (κ2) is 14.2. The summed E-state index contributed by atoms with van der Waals surface area (Å²) in [6.07, 6.45) is 3.23. The molecule has 13 heteroatoms. The number of anilines is 3. The minimum atomic E-state index is -1.12. The number of carbonyl (C=O) groups excluding carboxylic acids is 1. The lowest BCUT2D eigenvalue weighted by Gasteiger charge is -2.37. The minimum absolute atomic E-state index is 0.109. The molecule has 7 rings (SSSR count). The van der Waals surface area contributed by atoms with Gasteiger partial charge in [-0.1, -0.05) is 6.07 Å². The first-order chi connectivity index (χ1) is 24.2. The smallest absolute Gasteiger partial charge is 0.255 e. The van der Waals surface area contributed by atoms with Crippen LogP contribution < -0.4 is 19.9 Å². The summed E-state index contributed by atoms with van der Waals surface area (Å²) in [6.45, 7) is 3.29. The molecule has 0 bridgehead atoms. The number of nitrogens with one attached hydrogen (secondary N) is 1. The van der Waals surface area contributed by atoms with Crippen LogP contribution in [0.2, 0.25) is 0 Å². The zero-order chi connectivity index (χ0) is 34.7. The topological polar surface area (TPSA) is 84.8 Å². The van der Waals surface area contributed by atoms with Crippen molar-refractivity contribution >= 4 is 23.0 Å². The van der Waals surface area contributed by atoms with Crippen molar-refractivity contribution < 1.29 is 31.8 Å². The van der Waals surface area contributed by atoms with Crippen LogP contribution in [0.25, 0.3) is 0 Å². The molecule has 2 saturated heterocycles. The van der Waals surface area contributed by atoms with Crippen molar-refractivity contribution in [1.82, 2.24) is 14.8 Å². The maximum Gasteiger partial charge on any atom is 0.255 e. The third-order valence-electron chi connectivity index (χ3n) is 9.15. The van der Waals surface area contributed by atoms with Crippen molar-refractivity contribution in [1.29, 1.82) is 0 Å². The van der Waals surface area contributed by atoms with Crippen LogP contribution in [0.5, 0.6) is 5.75 Å². The fourth-order valence-corrected chi connectivity index (χ4v) is 6.58. The lowest BCUT2D eigenvalue weighted by Crippen LogP contribution is -2.46. The summed E-state index contributed by atoms with van der Waals surface area (Å²) in [5.41, 5.74) is 1.81. The second-order valence-electron chi connectivity index (χ2n) is 12.5. The van der Waals surface area contributed by atoms with Crippen LogP contribution in [0.4, 0.5) is 34.6 Å². The molecule has 2 aliphatic heterocycles. The Labute approximate surface area is 286 Å². The summed E-state index contributed by atoms with van der Waals surface area (Å²) >= 11 is 0. The number of amides is 1. The lowest BCUT2D eigenvalue weighted by atomic mass is 9.87. The third kappa shape index (κ3) is 7.27. The van der Waals surface area contributed by atoms with Crippen LogP contribution in [0.3, 0.4) is 0 Å². The van der Waals surface area contributed by atoms with E-state index in [0.29, 0.717) is 43.9 Å². The van der Waals surface area contributed by atoms with Crippen LogP contribution in [0.1, 0.15) is 22.3 Å². The summed E-state index contributed by atoms with van der Waals surface area (Å²) in [6, 6.07) is 21.2. The van der Waals surface area contributed by atoms with Crippen molar-refractivity contribution in [2.75, 3.05) is 54.5 Å². The molecule has 5 aromatic rings. The fraction of sp³-hybridized carbons (Fsp3) is 0.270. The first-order valence-electron chi connectivity index (χ1n) is 16.3. The highest BCUT2D eigenvalue weighted by atomic mass is 19.1. The van der Waals surface area contributed by atoms with E-state index in [0.717, 1.165) is 17.4 Å². The van der Waals surface area contributed by atoms with Gasteiger partial charge in [0, 0.05) is 72.4 Å². The first-order valence-corrected chi connectivity index (χ1v) is 16.3. The van der Waals surface area contributed by atoms with Crippen LogP contribution in [-0.2, 0) is 16.9 Å². The van der Waals surface area contributed by atoms with Gasteiger partial charge in [-0.05, 0) is 73.2 Å². The maximum atomic E-state index is 15.3. The molecule has 0 aliphatic carbocycles. The third-order valence-corrected chi connectivity index (χ3v) is 9.15. The lowest BCUT2D eigenvalue weighted by molar-refractivity contribution is -0.0206. The van der Waals surface area contributed by atoms with E-state index in [1.807, 2.05) is 18.2 Å². The van der Waals surface area contributed by atoms with E-state index >= 15 is 4.39 Å². The average Bonchev–Trinajstić information content (AvgIpc) is 3.79. The van der Waals surface area contributed by atoms with E-state index in [1.165, 1.54) is 55.1 Å². The molecule has 1 N–H and O–H groups in total. The second-order valence-corrected chi connectivity index (χ2v) is 12.5. The van der Waals surface area contributed by atoms with Gasteiger partial charge in [0.15, 0.2) is 11.6 Å². The number of benzene rings is 4. The Kier molecular flexibility index (Phi) is 9.40. The van der Waals surface area contributed by atoms with Crippen LogP contribution >= 0.6 is 0 Å². The van der Waals surface area contributed by atoms with Gasteiger partial charge in [-0.2, -0.15) is 5.10 Å². The molecule has 1 amide bonds. The highest BCUT2D eigenvalue weighted by Gasteiger charge is 2.44. The summed E-state index contributed by atoms with van der Waals surface area (Å²) in [5, 5.41) is 6.90. The quantitative estimate of drug-likeness (QED) is 0.170. The summed E-state index contributed by atoms with van der Waals surface area (Å²) in [4.78, 5) is 20.9. The molecule has 1 aromatic heterocycles. The van der Waals surface area contributed by atoms with Gasteiger partial charge in [-0.3, -0.25) is 4.79 Å². The van der Waals surface area contributed by atoms with E-state index in [-0.39, 0.29) is 48.7 Å². The average molecular weight is 687 g/mol. The molecule has 3 heterocycles. The van der Waals surface area contributed by atoms with Crippen LogP contribution in [0.15, 0.2) is 97.6 Å². The zero-order valence-corrected chi connectivity index (χ0v) is 26.9. The van der Waals surface area contributed by atoms with E-state index in [1.54, 1.807) is 22.9 Å². The predicted molar refractivity (Wildman–Crippen MR) is 179 cm³/mol. The summed E-state index contributed by atoms with van der Waals surface area (Å²) in [7, 11) is 0. The first kappa shape index (κ1) is 33.1. The number of piperazine rings is 1. The highest BCUT2D eigenvalue weighted by Crippen LogP contribution is 2.42. The standard InChI is InChI=1S/C37H34F4N6O3/c38-27-3-6-29(7-4-27)44-36(48)26-1-8-30(9-2-26)45-13-15-46(16-14-45)31-10-12-35(34(41)18-31)49-20-25-19-37(50-21-25,22-47-24-42-23-43-47)32-11-5-28(39)17-33(32)40/h1-12,17-18,23-25H,13-16,19-22H2,(H,44,48)/t25-,37-/m0/s1. The molecular weight excluding hydrogens is 652 g/mol. The Bertz CT molecular complexity index is 1940. The van der Waals surface area contributed by atoms with E-state index in [2.05, 4.69) is 25.2 Å². The molecule has 2 aliphatic rings. The zero-order valence-electron chi connectivity index (χ0n) is 26.9. The van der Waals surface area contributed by atoms with Gasteiger partial charge in [-0.15, -0.1) is 0 Å². The number of hydrogen-bond donors (Lipinski definition) is 1. The molecular formula is C37H34F4N6O3. The molecule has 258 valence electrons. The van der Waals surface area contributed by atoms with Gasteiger partial charge < -0.3 is 24.6 Å². The molecule has 0 radical (unpaired) electrons. The van der Waals surface area contributed by atoms with Crippen molar-refractivity contribution in [3.05, 3.63) is 132 Å². The fourth-order valence-electron chi connectivity index (χ4n) is 6.58. The molecule has 0 saturated carbocycles. The SMILES string of the molecule is O=C(Nc1ccc(F)cc1)c1ccc(N2CCN(c3ccc(OC[C@H]4CO[C@@](Cn5cncn5)(c5ccc(F)cc5F)C4)c(F)c3)CC2)cc1. The highest BCUT2D eigenvalue weighted by molar-refractivity contribution is 6.04. The van der Waals surface area contributed by atoms with Crippen molar-refractivity contribution in [3.63, 3.8) is 0 Å². The van der Waals surface area contributed by atoms with E-state index in [9.17, 15) is 18.0 Å². The summed E-state index contributed by atoms with van der Waals surface area (Å²) in [5.74, 6) is -2.61. The van der Waals surface area contributed by atoms with Gasteiger partial charge in [0.2, 0.25) is 0 Å². The Morgan fingerprint density at radius 3 is 2.22 bits per heavy atom.